The Balaban J connectivity index is 2.63. The zero-order valence-corrected chi connectivity index (χ0v) is 8.86. The number of benzene rings is 1. The first kappa shape index (κ1) is 9.61. The minimum atomic E-state index is 0.408. The van der Waals surface area contributed by atoms with Gasteiger partial charge in [-0.15, -0.1) is 0 Å². The van der Waals surface area contributed by atoms with E-state index < -0.39 is 0 Å². The van der Waals surface area contributed by atoms with E-state index in [9.17, 15) is 0 Å². The van der Waals surface area contributed by atoms with Crippen LogP contribution in [0.2, 0.25) is 0 Å². The van der Waals surface area contributed by atoms with Crippen molar-refractivity contribution in [2.45, 2.75) is 5.75 Å². The predicted octanol–water partition coefficient (Wildman–Crippen LogP) is 0.756. The summed E-state index contributed by atoms with van der Waals surface area (Å²) in [6, 6.07) is 8.02. The molecule has 4 N–H and O–H groups in total. The molecule has 0 spiro atoms. The molecule has 0 aliphatic rings. The third-order valence-electron chi connectivity index (χ3n) is 1.35. The maximum atomic E-state index is 5.33. The topological polar surface area (TPSA) is 51.6 Å². The van der Waals surface area contributed by atoms with Crippen LogP contribution in [0, 0.1) is 0 Å². The van der Waals surface area contributed by atoms with Crippen molar-refractivity contribution in [1.82, 2.24) is 0 Å². The van der Waals surface area contributed by atoms with Crippen LogP contribution < -0.4 is 11.1 Å². The Kier molecular flexibility index (Phi) is 3.62. The van der Waals surface area contributed by atoms with Gasteiger partial charge < -0.3 is 0 Å². The molecule has 0 aliphatic heterocycles. The molecular formula is C8H10BrN2S+. The van der Waals surface area contributed by atoms with Crippen molar-refractivity contribution in [3.05, 3.63) is 34.3 Å². The van der Waals surface area contributed by atoms with Gasteiger partial charge in [-0.05, 0) is 23.4 Å². The third kappa shape index (κ3) is 2.87. The summed E-state index contributed by atoms with van der Waals surface area (Å²) < 4.78 is 1.10. The Morgan fingerprint density at radius 1 is 1.50 bits per heavy atom. The average molecular weight is 246 g/mol. The highest BCUT2D eigenvalue weighted by Crippen LogP contribution is 2.20. The number of thioether (sulfide) groups is 1. The van der Waals surface area contributed by atoms with Crippen molar-refractivity contribution in [1.29, 1.82) is 0 Å². The Morgan fingerprint density at radius 3 is 2.75 bits per heavy atom. The van der Waals surface area contributed by atoms with E-state index in [0.717, 1.165) is 10.2 Å². The molecule has 1 aromatic rings. The van der Waals surface area contributed by atoms with Crippen molar-refractivity contribution in [2.24, 2.45) is 5.73 Å². The minimum absolute atomic E-state index is 0.408. The van der Waals surface area contributed by atoms with Crippen LogP contribution in [0.5, 0.6) is 0 Å². The highest BCUT2D eigenvalue weighted by molar-refractivity contribution is 9.10. The van der Waals surface area contributed by atoms with Crippen molar-refractivity contribution in [3.8, 4) is 0 Å². The molecule has 0 aromatic heterocycles. The summed E-state index contributed by atoms with van der Waals surface area (Å²) >= 11 is 4.88. The van der Waals surface area contributed by atoms with E-state index in [-0.39, 0.29) is 0 Å². The van der Waals surface area contributed by atoms with Gasteiger partial charge in [-0.25, -0.2) is 0 Å². The first-order valence-corrected chi connectivity index (χ1v) is 5.22. The largest absolute Gasteiger partial charge is 0.300 e. The minimum Gasteiger partial charge on any atom is -0.282 e. The van der Waals surface area contributed by atoms with E-state index in [1.807, 2.05) is 24.3 Å². The van der Waals surface area contributed by atoms with Crippen molar-refractivity contribution in [3.63, 3.8) is 0 Å². The molecule has 0 atom stereocenters. The Bertz CT molecular complexity index is 288. The summed E-state index contributed by atoms with van der Waals surface area (Å²) in [7, 11) is 0. The van der Waals surface area contributed by atoms with Crippen LogP contribution in [0.15, 0.2) is 28.7 Å². The molecule has 0 heterocycles. The Morgan fingerprint density at radius 2 is 2.17 bits per heavy atom. The Hall–Kier alpha value is -0.480. The van der Waals surface area contributed by atoms with E-state index in [1.165, 1.54) is 17.3 Å². The zero-order chi connectivity index (χ0) is 8.97. The van der Waals surface area contributed by atoms with Gasteiger partial charge in [0.1, 0.15) is 0 Å². The molecule has 0 saturated carbocycles. The molecule has 0 saturated heterocycles. The quantitative estimate of drug-likeness (QED) is 0.597. The highest BCUT2D eigenvalue weighted by atomic mass is 79.9. The number of amidine groups is 1. The predicted molar refractivity (Wildman–Crippen MR) is 56.6 cm³/mol. The summed E-state index contributed by atoms with van der Waals surface area (Å²) in [5, 5.41) is 5.74. The second-order valence-electron chi connectivity index (χ2n) is 2.28. The van der Waals surface area contributed by atoms with Crippen molar-refractivity contribution in [2.75, 3.05) is 0 Å². The maximum Gasteiger partial charge on any atom is 0.300 e. The summed E-state index contributed by atoms with van der Waals surface area (Å²) in [6.45, 7) is 0. The van der Waals surface area contributed by atoms with Gasteiger partial charge in [-0.3, -0.25) is 11.1 Å². The van der Waals surface area contributed by atoms with E-state index in [1.54, 1.807) is 0 Å². The molecule has 1 aromatic carbocycles. The molecule has 4 heteroatoms. The molecule has 0 radical (unpaired) electrons. The fourth-order valence-corrected chi connectivity index (χ4v) is 1.96. The second kappa shape index (κ2) is 4.52. The van der Waals surface area contributed by atoms with Crippen LogP contribution in [0.4, 0.5) is 0 Å². The first-order valence-electron chi connectivity index (χ1n) is 3.44. The summed E-state index contributed by atoms with van der Waals surface area (Å²) in [4.78, 5) is 0. The van der Waals surface area contributed by atoms with Gasteiger partial charge in [0.15, 0.2) is 0 Å². The number of hydrogen-bond acceptors (Lipinski definition) is 1. The summed E-state index contributed by atoms with van der Waals surface area (Å²) in [5.41, 5.74) is 6.54. The van der Waals surface area contributed by atoms with Crippen LogP contribution in [0.1, 0.15) is 5.56 Å². The number of hydrogen-bond donors (Lipinski definition) is 2. The molecule has 12 heavy (non-hydrogen) atoms. The maximum absolute atomic E-state index is 5.33. The number of halogens is 1. The normalized spacial score (nSPS) is 9.75. The van der Waals surface area contributed by atoms with E-state index in [4.69, 9.17) is 11.1 Å². The lowest BCUT2D eigenvalue weighted by molar-refractivity contribution is -0.110. The van der Waals surface area contributed by atoms with Crippen molar-refractivity contribution < 1.29 is 5.41 Å². The molecule has 2 nitrogen and oxygen atoms in total. The summed E-state index contributed by atoms with van der Waals surface area (Å²) in [6.07, 6.45) is 0. The van der Waals surface area contributed by atoms with Gasteiger partial charge in [-0.1, -0.05) is 34.1 Å². The van der Waals surface area contributed by atoms with Crippen LogP contribution in [0.25, 0.3) is 0 Å². The molecule has 0 amide bonds. The van der Waals surface area contributed by atoms with Crippen LogP contribution in [-0.2, 0) is 5.75 Å². The fraction of sp³-hybridized carbons (Fsp3) is 0.125. The molecule has 0 bridgehead atoms. The van der Waals surface area contributed by atoms with Crippen LogP contribution in [-0.4, -0.2) is 5.17 Å². The highest BCUT2D eigenvalue weighted by Gasteiger charge is 2.01. The van der Waals surface area contributed by atoms with Gasteiger partial charge in [0.25, 0.3) is 5.17 Å². The first-order chi connectivity index (χ1) is 5.70. The average Bonchev–Trinajstić information content (AvgIpc) is 2.03. The van der Waals surface area contributed by atoms with Crippen LogP contribution in [0.3, 0.4) is 0 Å². The zero-order valence-electron chi connectivity index (χ0n) is 6.46. The van der Waals surface area contributed by atoms with Gasteiger partial charge in [0, 0.05) is 10.2 Å². The SMILES string of the molecule is NC(=[NH2+])SCc1ccccc1Br. The van der Waals surface area contributed by atoms with Gasteiger partial charge in [0.05, 0.1) is 0 Å². The second-order valence-corrected chi connectivity index (χ2v) is 4.19. The monoisotopic (exact) mass is 245 g/mol. The van der Waals surface area contributed by atoms with Gasteiger partial charge in [0.2, 0.25) is 0 Å². The molecule has 64 valence electrons. The molecule has 1 rings (SSSR count). The molecular weight excluding hydrogens is 236 g/mol. The fourth-order valence-electron chi connectivity index (χ4n) is 0.777. The van der Waals surface area contributed by atoms with Crippen LogP contribution >= 0.6 is 27.7 Å². The van der Waals surface area contributed by atoms with Gasteiger partial charge >= 0.3 is 0 Å². The lowest BCUT2D eigenvalue weighted by atomic mass is 10.2. The number of rotatable bonds is 2. The van der Waals surface area contributed by atoms with Gasteiger partial charge in [-0.2, -0.15) is 0 Å². The third-order valence-corrected chi connectivity index (χ3v) is 2.91. The van der Waals surface area contributed by atoms with Crippen molar-refractivity contribution >= 4 is 32.9 Å². The summed E-state index contributed by atoms with van der Waals surface area (Å²) in [5.74, 6) is 0.809. The van der Waals surface area contributed by atoms with E-state index >= 15 is 0 Å². The molecule has 0 fully saturated rings. The standard InChI is InChI=1S/C8H9BrN2S/c9-7-4-2-1-3-6(7)5-12-8(10)11/h1-4H,5H2,(H3,10,11)/p+1. The van der Waals surface area contributed by atoms with E-state index in [2.05, 4.69) is 15.9 Å². The lowest BCUT2D eigenvalue weighted by Gasteiger charge is -1.99. The molecule has 0 unspecified atom stereocenters. The number of nitrogens with two attached hydrogens (primary N) is 2. The lowest BCUT2D eigenvalue weighted by Crippen LogP contribution is -2.43. The van der Waals surface area contributed by atoms with E-state index in [0.29, 0.717) is 5.17 Å². The smallest absolute Gasteiger partial charge is 0.282 e. The Labute approximate surface area is 84.2 Å². The molecule has 0 aliphatic carbocycles.